The van der Waals surface area contributed by atoms with E-state index in [1.165, 1.54) is 13.2 Å². The molecule has 0 fully saturated rings. The van der Waals surface area contributed by atoms with Gasteiger partial charge in [0.25, 0.3) is 0 Å². The molecular formula is C15H26ClFN2O4S. The Morgan fingerprint density at radius 2 is 2.04 bits per heavy atom. The summed E-state index contributed by atoms with van der Waals surface area (Å²) in [5.41, 5.74) is 5.62. The second-order valence-electron chi connectivity index (χ2n) is 5.13. The van der Waals surface area contributed by atoms with Crippen molar-refractivity contribution in [1.29, 1.82) is 0 Å². The highest BCUT2D eigenvalue weighted by molar-refractivity contribution is 7.89. The van der Waals surface area contributed by atoms with E-state index in [4.69, 9.17) is 15.2 Å². The molecule has 0 aliphatic rings. The van der Waals surface area contributed by atoms with Crippen molar-refractivity contribution in [3.63, 3.8) is 0 Å². The highest BCUT2D eigenvalue weighted by Crippen LogP contribution is 2.25. The molecule has 1 aromatic carbocycles. The molecule has 0 aromatic heterocycles. The lowest BCUT2D eigenvalue weighted by molar-refractivity contribution is 0.144. The third-order valence-corrected chi connectivity index (χ3v) is 4.79. The van der Waals surface area contributed by atoms with Gasteiger partial charge in [-0.1, -0.05) is 19.8 Å². The van der Waals surface area contributed by atoms with Crippen molar-refractivity contribution < 1.29 is 22.3 Å². The SMILES string of the molecule is CCCCC(CN)NS(=O)(=O)c1cc(F)ccc1OCCOC.Cl. The van der Waals surface area contributed by atoms with Crippen LogP contribution in [0.4, 0.5) is 4.39 Å². The summed E-state index contributed by atoms with van der Waals surface area (Å²) >= 11 is 0. The Balaban J connectivity index is 0.00000529. The first-order chi connectivity index (χ1) is 10.9. The van der Waals surface area contributed by atoms with Gasteiger partial charge in [0.1, 0.15) is 23.1 Å². The highest BCUT2D eigenvalue weighted by atomic mass is 35.5. The third kappa shape index (κ3) is 7.31. The number of hydrogen-bond donors (Lipinski definition) is 2. The molecule has 0 radical (unpaired) electrons. The number of hydrogen-bond acceptors (Lipinski definition) is 5. The molecule has 140 valence electrons. The average Bonchev–Trinajstić information content (AvgIpc) is 2.52. The van der Waals surface area contributed by atoms with Gasteiger partial charge in [-0.05, 0) is 24.6 Å². The Hall–Kier alpha value is -0.930. The number of unbranched alkanes of at least 4 members (excludes halogenated alkanes) is 1. The van der Waals surface area contributed by atoms with Crippen LogP contribution in [0.2, 0.25) is 0 Å². The number of methoxy groups -OCH3 is 1. The Kier molecular flexibility index (Phi) is 11.1. The number of benzene rings is 1. The van der Waals surface area contributed by atoms with Crippen molar-refractivity contribution in [2.75, 3.05) is 26.9 Å². The summed E-state index contributed by atoms with van der Waals surface area (Å²) in [6.45, 7) is 2.65. The topological polar surface area (TPSA) is 90.7 Å². The van der Waals surface area contributed by atoms with E-state index in [0.29, 0.717) is 13.0 Å². The van der Waals surface area contributed by atoms with Crippen molar-refractivity contribution in [2.24, 2.45) is 5.73 Å². The summed E-state index contributed by atoms with van der Waals surface area (Å²) in [5, 5.41) is 0. The van der Waals surface area contributed by atoms with E-state index < -0.39 is 21.9 Å². The van der Waals surface area contributed by atoms with Gasteiger partial charge in [-0.15, -0.1) is 12.4 Å². The lowest BCUT2D eigenvalue weighted by atomic mass is 10.1. The second-order valence-corrected chi connectivity index (χ2v) is 6.81. The fraction of sp³-hybridized carbons (Fsp3) is 0.600. The predicted molar refractivity (Wildman–Crippen MR) is 93.7 cm³/mol. The third-order valence-electron chi connectivity index (χ3n) is 3.25. The van der Waals surface area contributed by atoms with Gasteiger partial charge in [0.2, 0.25) is 10.0 Å². The standard InChI is InChI=1S/C15H25FN2O4S.ClH/c1-3-4-5-13(11-17)18-23(19,20)15-10-12(16)6-7-14(15)22-9-8-21-2;/h6-7,10,13,18H,3-5,8-9,11,17H2,1-2H3;1H. The second kappa shape index (κ2) is 11.6. The maximum absolute atomic E-state index is 13.5. The van der Waals surface area contributed by atoms with E-state index in [1.807, 2.05) is 6.92 Å². The van der Waals surface area contributed by atoms with Gasteiger partial charge >= 0.3 is 0 Å². The summed E-state index contributed by atoms with van der Waals surface area (Å²) in [6.07, 6.45) is 2.41. The molecule has 0 aliphatic carbocycles. The molecule has 6 nitrogen and oxygen atoms in total. The fourth-order valence-corrected chi connectivity index (χ4v) is 3.44. The highest BCUT2D eigenvalue weighted by Gasteiger charge is 2.23. The summed E-state index contributed by atoms with van der Waals surface area (Å²) in [7, 11) is -2.42. The van der Waals surface area contributed by atoms with Crippen LogP contribution in [-0.2, 0) is 14.8 Å². The van der Waals surface area contributed by atoms with Gasteiger partial charge in [-0.25, -0.2) is 17.5 Å². The van der Waals surface area contributed by atoms with E-state index >= 15 is 0 Å². The molecule has 24 heavy (non-hydrogen) atoms. The first-order valence-electron chi connectivity index (χ1n) is 7.58. The van der Waals surface area contributed by atoms with Crippen LogP contribution in [0.25, 0.3) is 0 Å². The van der Waals surface area contributed by atoms with Crippen LogP contribution in [0.3, 0.4) is 0 Å². The Morgan fingerprint density at radius 3 is 2.62 bits per heavy atom. The van der Waals surface area contributed by atoms with Crippen LogP contribution in [-0.4, -0.2) is 41.3 Å². The monoisotopic (exact) mass is 384 g/mol. The maximum Gasteiger partial charge on any atom is 0.244 e. The van der Waals surface area contributed by atoms with Gasteiger partial charge in [0.15, 0.2) is 0 Å². The molecule has 0 bridgehead atoms. The molecule has 0 amide bonds. The first kappa shape index (κ1) is 23.1. The van der Waals surface area contributed by atoms with Gasteiger partial charge in [0, 0.05) is 19.7 Å². The van der Waals surface area contributed by atoms with Gasteiger partial charge < -0.3 is 15.2 Å². The van der Waals surface area contributed by atoms with Crippen molar-refractivity contribution in [1.82, 2.24) is 4.72 Å². The molecule has 1 aromatic rings. The zero-order valence-electron chi connectivity index (χ0n) is 14.0. The number of rotatable bonds is 11. The Labute approximate surface area is 149 Å². The number of halogens is 2. The van der Waals surface area contributed by atoms with Crippen molar-refractivity contribution in [3.8, 4) is 5.75 Å². The van der Waals surface area contributed by atoms with Gasteiger partial charge in [-0.2, -0.15) is 0 Å². The van der Waals surface area contributed by atoms with Crippen LogP contribution in [0.15, 0.2) is 23.1 Å². The number of nitrogens with two attached hydrogens (primary N) is 1. The van der Waals surface area contributed by atoms with E-state index in [0.717, 1.165) is 25.0 Å². The first-order valence-corrected chi connectivity index (χ1v) is 9.06. The zero-order valence-corrected chi connectivity index (χ0v) is 15.6. The van der Waals surface area contributed by atoms with Crippen molar-refractivity contribution in [3.05, 3.63) is 24.0 Å². The average molecular weight is 385 g/mol. The van der Waals surface area contributed by atoms with Crippen LogP contribution in [0, 0.1) is 5.82 Å². The molecule has 1 rings (SSSR count). The minimum atomic E-state index is -3.93. The smallest absolute Gasteiger partial charge is 0.244 e. The summed E-state index contributed by atoms with van der Waals surface area (Å²) in [6, 6.07) is 2.99. The van der Waals surface area contributed by atoms with E-state index in [-0.39, 0.29) is 36.2 Å². The van der Waals surface area contributed by atoms with E-state index in [9.17, 15) is 12.8 Å². The predicted octanol–water partition coefficient (Wildman–Crippen LogP) is 2.07. The lowest BCUT2D eigenvalue weighted by Crippen LogP contribution is -2.40. The van der Waals surface area contributed by atoms with Crippen LogP contribution >= 0.6 is 12.4 Å². The number of ether oxygens (including phenoxy) is 2. The fourth-order valence-electron chi connectivity index (χ4n) is 2.00. The molecule has 0 spiro atoms. The molecule has 3 N–H and O–H groups in total. The normalized spacial score (nSPS) is 12.5. The Bertz CT molecular complexity index is 587. The lowest BCUT2D eigenvalue weighted by Gasteiger charge is -2.18. The largest absolute Gasteiger partial charge is 0.490 e. The summed E-state index contributed by atoms with van der Waals surface area (Å²) in [5.74, 6) is -0.565. The minimum absolute atomic E-state index is 0. The van der Waals surface area contributed by atoms with E-state index in [2.05, 4.69) is 4.72 Å². The molecule has 0 heterocycles. The van der Waals surface area contributed by atoms with Gasteiger partial charge in [0.05, 0.1) is 6.61 Å². The molecule has 1 atom stereocenters. The van der Waals surface area contributed by atoms with Crippen molar-refractivity contribution in [2.45, 2.75) is 37.1 Å². The zero-order chi connectivity index (χ0) is 17.3. The van der Waals surface area contributed by atoms with Crippen LogP contribution in [0.5, 0.6) is 5.75 Å². The molecule has 0 saturated carbocycles. The molecule has 0 aliphatic heterocycles. The van der Waals surface area contributed by atoms with Gasteiger partial charge in [-0.3, -0.25) is 0 Å². The maximum atomic E-state index is 13.5. The molecular weight excluding hydrogens is 359 g/mol. The van der Waals surface area contributed by atoms with Crippen LogP contribution < -0.4 is 15.2 Å². The van der Waals surface area contributed by atoms with Crippen LogP contribution in [0.1, 0.15) is 26.2 Å². The van der Waals surface area contributed by atoms with E-state index in [1.54, 1.807) is 0 Å². The minimum Gasteiger partial charge on any atom is -0.490 e. The molecule has 0 saturated heterocycles. The van der Waals surface area contributed by atoms with Crippen molar-refractivity contribution >= 4 is 22.4 Å². The Morgan fingerprint density at radius 1 is 1.33 bits per heavy atom. The number of nitrogens with one attached hydrogen (secondary N) is 1. The molecule has 9 heteroatoms. The summed E-state index contributed by atoms with van der Waals surface area (Å²) in [4.78, 5) is -0.233. The summed E-state index contributed by atoms with van der Waals surface area (Å²) < 4.78 is 51.3. The molecule has 1 unspecified atom stereocenters. The number of sulfonamides is 1. The quantitative estimate of drug-likeness (QED) is 0.570.